The zero-order valence-electron chi connectivity index (χ0n) is 11.3. The quantitative estimate of drug-likeness (QED) is 0.747. The van der Waals surface area contributed by atoms with Crippen LogP contribution in [0.3, 0.4) is 0 Å². The molecule has 0 aromatic heterocycles. The molecule has 0 spiro atoms. The molecule has 3 N–H and O–H groups in total. The number of hydrogen-bond donors (Lipinski definition) is 3. The summed E-state index contributed by atoms with van der Waals surface area (Å²) in [4.78, 5) is 23.6. The molecular formula is C14H16BrClN2O3. The molecule has 21 heavy (non-hydrogen) atoms. The van der Waals surface area contributed by atoms with Crippen LogP contribution in [-0.2, 0) is 4.79 Å². The molecule has 2 rings (SSSR count). The number of amides is 2. The van der Waals surface area contributed by atoms with Crippen LogP contribution in [-0.4, -0.2) is 22.6 Å². The second-order valence-electron chi connectivity index (χ2n) is 5.15. The van der Waals surface area contributed by atoms with Gasteiger partial charge in [-0.1, -0.05) is 46.8 Å². The highest BCUT2D eigenvalue weighted by atomic mass is 79.9. The first-order valence-electron chi connectivity index (χ1n) is 6.70. The summed E-state index contributed by atoms with van der Waals surface area (Å²) in [5.41, 5.74) is -0.749. The minimum Gasteiger partial charge on any atom is -0.480 e. The summed E-state index contributed by atoms with van der Waals surface area (Å²) < 4.78 is 0.771. The number of aliphatic carboxylic acids is 1. The van der Waals surface area contributed by atoms with Gasteiger partial charge in [0.15, 0.2) is 0 Å². The largest absolute Gasteiger partial charge is 0.480 e. The molecule has 1 aliphatic rings. The minimum atomic E-state index is -1.18. The van der Waals surface area contributed by atoms with E-state index in [2.05, 4.69) is 26.6 Å². The second kappa shape index (κ2) is 6.66. The molecule has 1 saturated carbocycles. The standard InChI is InChI=1S/C14H16BrClN2O3/c15-9-4-5-10(16)11(8-9)17-13(21)18-14(12(19)20)6-2-1-3-7-14/h4-5,8H,1-3,6-7H2,(H,19,20)(H2,17,18,21). The van der Waals surface area contributed by atoms with Gasteiger partial charge in [-0.3, -0.25) is 0 Å². The lowest BCUT2D eigenvalue weighted by atomic mass is 9.82. The molecule has 1 fully saturated rings. The van der Waals surface area contributed by atoms with E-state index in [0.717, 1.165) is 23.7 Å². The summed E-state index contributed by atoms with van der Waals surface area (Å²) in [5.74, 6) is -0.988. The van der Waals surface area contributed by atoms with Crippen LogP contribution < -0.4 is 10.6 Å². The number of rotatable bonds is 3. The number of carbonyl (C=O) groups excluding carboxylic acids is 1. The van der Waals surface area contributed by atoms with Crippen LogP contribution in [0.2, 0.25) is 5.02 Å². The van der Waals surface area contributed by atoms with Crippen LogP contribution in [0, 0.1) is 0 Å². The van der Waals surface area contributed by atoms with Crippen LogP contribution in [0.1, 0.15) is 32.1 Å². The summed E-state index contributed by atoms with van der Waals surface area (Å²) in [6, 6.07) is 4.51. The molecular weight excluding hydrogens is 360 g/mol. The Bertz CT molecular complexity index is 559. The van der Waals surface area contributed by atoms with E-state index in [-0.39, 0.29) is 0 Å². The average molecular weight is 376 g/mol. The molecule has 0 heterocycles. The molecule has 1 aromatic carbocycles. The number of carboxylic acid groups (broad SMARTS) is 1. The Hall–Kier alpha value is -1.27. The van der Waals surface area contributed by atoms with Crippen molar-refractivity contribution in [3.63, 3.8) is 0 Å². The molecule has 1 aromatic rings. The third-order valence-electron chi connectivity index (χ3n) is 3.65. The third kappa shape index (κ3) is 3.89. The Balaban J connectivity index is 2.09. The van der Waals surface area contributed by atoms with Crippen molar-refractivity contribution in [2.24, 2.45) is 0 Å². The highest BCUT2D eigenvalue weighted by Gasteiger charge is 2.41. The summed E-state index contributed by atoms with van der Waals surface area (Å²) in [6.07, 6.45) is 3.48. The summed E-state index contributed by atoms with van der Waals surface area (Å²) in [7, 11) is 0. The van der Waals surface area contributed by atoms with Gasteiger partial charge >= 0.3 is 12.0 Å². The Labute approximate surface area is 136 Å². The average Bonchev–Trinajstić information content (AvgIpc) is 2.43. The highest BCUT2D eigenvalue weighted by Crippen LogP contribution is 2.29. The van der Waals surface area contributed by atoms with Crippen LogP contribution in [0.4, 0.5) is 10.5 Å². The van der Waals surface area contributed by atoms with Crippen molar-refractivity contribution >= 4 is 45.2 Å². The Morgan fingerprint density at radius 2 is 1.90 bits per heavy atom. The van der Waals surface area contributed by atoms with E-state index in [1.54, 1.807) is 18.2 Å². The van der Waals surface area contributed by atoms with E-state index < -0.39 is 17.5 Å². The zero-order chi connectivity index (χ0) is 15.5. The van der Waals surface area contributed by atoms with Gasteiger partial charge in [-0.2, -0.15) is 0 Å². The van der Waals surface area contributed by atoms with Gasteiger partial charge in [0.2, 0.25) is 0 Å². The van der Waals surface area contributed by atoms with E-state index in [1.807, 2.05) is 0 Å². The first-order valence-corrected chi connectivity index (χ1v) is 7.88. The van der Waals surface area contributed by atoms with Gasteiger partial charge in [-0.15, -0.1) is 0 Å². The van der Waals surface area contributed by atoms with Gasteiger partial charge in [-0.25, -0.2) is 9.59 Å². The van der Waals surface area contributed by atoms with E-state index >= 15 is 0 Å². The smallest absolute Gasteiger partial charge is 0.329 e. The Morgan fingerprint density at radius 1 is 1.24 bits per heavy atom. The number of benzene rings is 1. The van der Waals surface area contributed by atoms with Crippen LogP contribution in [0.5, 0.6) is 0 Å². The summed E-state index contributed by atoms with van der Waals surface area (Å²) in [5, 5.41) is 15.0. The molecule has 5 nitrogen and oxygen atoms in total. The predicted octanol–water partition coefficient (Wildman–Crippen LogP) is 4.01. The zero-order valence-corrected chi connectivity index (χ0v) is 13.6. The molecule has 0 unspecified atom stereocenters. The number of carboxylic acids is 1. The molecule has 0 radical (unpaired) electrons. The molecule has 0 atom stereocenters. The van der Waals surface area contributed by atoms with Crippen molar-refractivity contribution in [2.75, 3.05) is 5.32 Å². The lowest BCUT2D eigenvalue weighted by molar-refractivity contribution is -0.145. The SMILES string of the molecule is O=C(Nc1cc(Br)ccc1Cl)NC1(C(=O)O)CCCCC1. The van der Waals surface area contributed by atoms with Gasteiger partial charge in [0.1, 0.15) is 5.54 Å². The Kier molecular flexibility index (Phi) is 5.11. The summed E-state index contributed by atoms with van der Waals surface area (Å²) in [6.45, 7) is 0. The van der Waals surface area contributed by atoms with Gasteiger partial charge in [0, 0.05) is 4.47 Å². The van der Waals surface area contributed by atoms with Crippen molar-refractivity contribution in [1.29, 1.82) is 0 Å². The van der Waals surface area contributed by atoms with E-state index in [4.69, 9.17) is 11.6 Å². The van der Waals surface area contributed by atoms with Crippen LogP contribution in [0.25, 0.3) is 0 Å². The minimum absolute atomic E-state index is 0.390. The van der Waals surface area contributed by atoms with E-state index in [9.17, 15) is 14.7 Å². The lowest BCUT2D eigenvalue weighted by Gasteiger charge is -2.33. The van der Waals surface area contributed by atoms with Crippen molar-refractivity contribution in [1.82, 2.24) is 5.32 Å². The van der Waals surface area contributed by atoms with Gasteiger partial charge < -0.3 is 15.7 Å². The molecule has 0 bridgehead atoms. The first kappa shape index (κ1) is 16.1. The maximum Gasteiger partial charge on any atom is 0.329 e. The Morgan fingerprint density at radius 3 is 2.52 bits per heavy atom. The topological polar surface area (TPSA) is 78.4 Å². The lowest BCUT2D eigenvalue weighted by Crippen LogP contribution is -2.56. The predicted molar refractivity (Wildman–Crippen MR) is 84.8 cm³/mol. The van der Waals surface area contributed by atoms with Gasteiger partial charge in [0.05, 0.1) is 10.7 Å². The molecule has 7 heteroatoms. The molecule has 0 aliphatic heterocycles. The first-order chi connectivity index (χ1) is 9.93. The second-order valence-corrected chi connectivity index (χ2v) is 6.47. The molecule has 2 amide bonds. The van der Waals surface area contributed by atoms with Gasteiger partial charge in [-0.05, 0) is 31.0 Å². The number of carbonyl (C=O) groups is 2. The van der Waals surface area contributed by atoms with Crippen molar-refractivity contribution < 1.29 is 14.7 Å². The number of anilines is 1. The number of halogens is 2. The fraction of sp³-hybridized carbons (Fsp3) is 0.429. The number of nitrogens with one attached hydrogen (secondary N) is 2. The fourth-order valence-electron chi connectivity index (χ4n) is 2.51. The molecule has 1 aliphatic carbocycles. The van der Waals surface area contributed by atoms with Crippen molar-refractivity contribution in [3.05, 3.63) is 27.7 Å². The molecule has 114 valence electrons. The maximum atomic E-state index is 12.1. The molecule has 0 saturated heterocycles. The van der Waals surface area contributed by atoms with E-state index in [1.165, 1.54) is 0 Å². The number of hydrogen-bond acceptors (Lipinski definition) is 2. The normalized spacial score (nSPS) is 17.0. The highest BCUT2D eigenvalue weighted by molar-refractivity contribution is 9.10. The monoisotopic (exact) mass is 374 g/mol. The summed E-state index contributed by atoms with van der Waals surface area (Å²) >= 11 is 9.29. The third-order valence-corrected chi connectivity index (χ3v) is 4.47. The van der Waals surface area contributed by atoms with Crippen LogP contribution >= 0.6 is 27.5 Å². The number of urea groups is 1. The van der Waals surface area contributed by atoms with Crippen LogP contribution in [0.15, 0.2) is 22.7 Å². The van der Waals surface area contributed by atoms with E-state index in [0.29, 0.717) is 23.6 Å². The fourth-order valence-corrected chi connectivity index (χ4v) is 3.04. The van der Waals surface area contributed by atoms with Crippen molar-refractivity contribution in [2.45, 2.75) is 37.6 Å². The van der Waals surface area contributed by atoms with Crippen molar-refractivity contribution in [3.8, 4) is 0 Å². The maximum absolute atomic E-state index is 12.1. The van der Waals surface area contributed by atoms with Gasteiger partial charge in [0.25, 0.3) is 0 Å².